The van der Waals surface area contributed by atoms with Gasteiger partial charge < -0.3 is 5.73 Å². The van der Waals surface area contributed by atoms with Gasteiger partial charge in [0.1, 0.15) is 5.82 Å². The Hall–Kier alpha value is -2.69. The Morgan fingerprint density at radius 1 is 1.05 bits per heavy atom. The molecule has 100 valence electrons. The van der Waals surface area contributed by atoms with Gasteiger partial charge in [-0.25, -0.2) is 4.39 Å². The van der Waals surface area contributed by atoms with E-state index in [2.05, 4.69) is 0 Å². The molecule has 0 aliphatic carbocycles. The highest BCUT2D eigenvalue weighted by Gasteiger charge is 2.36. The van der Waals surface area contributed by atoms with Crippen LogP contribution in [-0.4, -0.2) is 16.7 Å². The number of hydrogen-bond acceptors (Lipinski definition) is 3. The summed E-state index contributed by atoms with van der Waals surface area (Å²) in [7, 11) is 0. The molecule has 20 heavy (non-hydrogen) atoms. The van der Waals surface area contributed by atoms with E-state index < -0.39 is 17.6 Å². The highest BCUT2D eigenvalue weighted by atomic mass is 19.1. The molecule has 2 N–H and O–H groups in total. The van der Waals surface area contributed by atoms with Crippen molar-refractivity contribution in [2.45, 2.75) is 6.54 Å². The van der Waals surface area contributed by atoms with Crippen molar-refractivity contribution in [2.75, 3.05) is 5.73 Å². The van der Waals surface area contributed by atoms with Crippen LogP contribution in [-0.2, 0) is 6.54 Å². The second kappa shape index (κ2) is 4.45. The van der Waals surface area contributed by atoms with E-state index in [4.69, 9.17) is 5.73 Å². The number of hydrogen-bond donors (Lipinski definition) is 1. The normalized spacial score (nSPS) is 13.8. The molecule has 4 nitrogen and oxygen atoms in total. The molecule has 2 aromatic carbocycles. The third-order valence-corrected chi connectivity index (χ3v) is 3.26. The van der Waals surface area contributed by atoms with Crippen molar-refractivity contribution in [1.82, 2.24) is 4.90 Å². The lowest BCUT2D eigenvalue weighted by Gasteiger charge is -2.13. The first-order valence-electron chi connectivity index (χ1n) is 6.07. The minimum absolute atomic E-state index is 0.0313. The number of imide groups is 1. The van der Waals surface area contributed by atoms with Crippen LogP contribution in [0.15, 0.2) is 42.5 Å². The molecule has 0 saturated carbocycles. The molecule has 1 heterocycles. The number of anilines is 1. The van der Waals surface area contributed by atoms with Crippen LogP contribution in [0.1, 0.15) is 26.3 Å². The van der Waals surface area contributed by atoms with Gasteiger partial charge in [0.25, 0.3) is 11.8 Å². The maximum absolute atomic E-state index is 13.2. The van der Waals surface area contributed by atoms with Crippen molar-refractivity contribution in [1.29, 1.82) is 0 Å². The summed E-state index contributed by atoms with van der Waals surface area (Å²) in [5, 5.41) is 0. The SMILES string of the molecule is Nc1cccc2c1C(=O)N(Cc1cccc(F)c1)C2=O. The van der Waals surface area contributed by atoms with E-state index in [0.29, 0.717) is 11.1 Å². The number of fused-ring (bicyclic) bond motifs is 1. The van der Waals surface area contributed by atoms with Gasteiger partial charge in [-0.05, 0) is 29.8 Å². The zero-order chi connectivity index (χ0) is 14.3. The maximum atomic E-state index is 13.2. The van der Waals surface area contributed by atoms with E-state index in [1.165, 1.54) is 18.2 Å². The lowest BCUT2D eigenvalue weighted by Crippen LogP contribution is -2.29. The first-order valence-corrected chi connectivity index (χ1v) is 6.07. The molecule has 2 amide bonds. The fraction of sp³-hybridized carbons (Fsp3) is 0.0667. The summed E-state index contributed by atoms with van der Waals surface area (Å²) in [5.74, 6) is -1.24. The lowest BCUT2D eigenvalue weighted by molar-refractivity contribution is 0.0642. The number of rotatable bonds is 2. The molecule has 0 bridgehead atoms. The second-order valence-corrected chi connectivity index (χ2v) is 4.60. The van der Waals surface area contributed by atoms with Crippen molar-refractivity contribution in [3.63, 3.8) is 0 Å². The summed E-state index contributed by atoms with van der Waals surface area (Å²) >= 11 is 0. The van der Waals surface area contributed by atoms with Crippen LogP contribution in [0.5, 0.6) is 0 Å². The van der Waals surface area contributed by atoms with Crippen LogP contribution >= 0.6 is 0 Å². The minimum Gasteiger partial charge on any atom is -0.398 e. The van der Waals surface area contributed by atoms with Gasteiger partial charge in [-0.2, -0.15) is 0 Å². The summed E-state index contributed by atoms with van der Waals surface area (Å²) in [5.41, 5.74) is 7.11. The quantitative estimate of drug-likeness (QED) is 0.672. The Bertz CT molecular complexity index is 728. The molecular weight excluding hydrogens is 259 g/mol. The van der Waals surface area contributed by atoms with Gasteiger partial charge in [-0.15, -0.1) is 0 Å². The van der Waals surface area contributed by atoms with E-state index in [9.17, 15) is 14.0 Å². The average Bonchev–Trinajstić information content (AvgIpc) is 2.65. The van der Waals surface area contributed by atoms with Crippen LogP contribution in [0, 0.1) is 5.82 Å². The maximum Gasteiger partial charge on any atom is 0.263 e. The van der Waals surface area contributed by atoms with Crippen LogP contribution in [0.3, 0.4) is 0 Å². The van der Waals surface area contributed by atoms with E-state index >= 15 is 0 Å². The van der Waals surface area contributed by atoms with Crippen LogP contribution in [0.2, 0.25) is 0 Å². The molecule has 1 aliphatic heterocycles. The minimum atomic E-state index is -0.438. The van der Waals surface area contributed by atoms with Gasteiger partial charge >= 0.3 is 0 Å². The summed E-state index contributed by atoms with van der Waals surface area (Å²) < 4.78 is 13.2. The smallest absolute Gasteiger partial charge is 0.263 e. The standard InChI is InChI=1S/C15H11FN2O2/c16-10-4-1-3-9(7-10)8-18-14(19)11-5-2-6-12(17)13(11)15(18)20/h1-7H,8,17H2. The van der Waals surface area contributed by atoms with Crippen LogP contribution in [0.25, 0.3) is 0 Å². The molecule has 3 rings (SSSR count). The summed E-state index contributed by atoms with van der Waals surface area (Å²) in [6.45, 7) is 0.0313. The molecule has 0 radical (unpaired) electrons. The van der Waals surface area contributed by atoms with Gasteiger partial charge in [0.15, 0.2) is 0 Å². The van der Waals surface area contributed by atoms with Gasteiger partial charge in [0.2, 0.25) is 0 Å². The van der Waals surface area contributed by atoms with E-state index in [-0.39, 0.29) is 17.8 Å². The van der Waals surface area contributed by atoms with Crippen molar-refractivity contribution in [3.8, 4) is 0 Å². The molecule has 0 unspecified atom stereocenters. The number of nitrogen functional groups attached to an aromatic ring is 1. The fourth-order valence-electron chi connectivity index (χ4n) is 2.32. The third-order valence-electron chi connectivity index (χ3n) is 3.26. The Morgan fingerprint density at radius 2 is 1.80 bits per heavy atom. The number of nitrogens with two attached hydrogens (primary N) is 1. The number of halogens is 1. The second-order valence-electron chi connectivity index (χ2n) is 4.60. The van der Waals surface area contributed by atoms with Gasteiger partial charge in [-0.1, -0.05) is 18.2 Å². The van der Waals surface area contributed by atoms with E-state index in [1.54, 1.807) is 24.3 Å². The number of nitrogens with zero attached hydrogens (tertiary/aromatic N) is 1. The van der Waals surface area contributed by atoms with Crippen LogP contribution < -0.4 is 5.73 Å². The molecule has 1 aliphatic rings. The monoisotopic (exact) mass is 270 g/mol. The highest BCUT2D eigenvalue weighted by Crippen LogP contribution is 2.28. The molecule has 0 aromatic heterocycles. The lowest BCUT2D eigenvalue weighted by atomic mass is 10.1. The van der Waals surface area contributed by atoms with Crippen molar-refractivity contribution >= 4 is 17.5 Å². The fourth-order valence-corrected chi connectivity index (χ4v) is 2.32. The zero-order valence-electron chi connectivity index (χ0n) is 10.5. The average molecular weight is 270 g/mol. The van der Waals surface area contributed by atoms with Crippen molar-refractivity contribution in [3.05, 3.63) is 65.0 Å². The Morgan fingerprint density at radius 3 is 2.50 bits per heavy atom. The predicted molar refractivity (Wildman–Crippen MR) is 71.5 cm³/mol. The summed E-state index contributed by atoms with van der Waals surface area (Å²) in [6, 6.07) is 10.6. The van der Waals surface area contributed by atoms with E-state index in [0.717, 1.165) is 4.90 Å². The molecule has 0 spiro atoms. The Kier molecular flexibility index (Phi) is 2.75. The van der Waals surface area contributed by atoms with Crippen molar-refractivity contribution in [2.24, 2.45) is 0 Å². The zero-order valence-corrected chi connectivity index (χ0v) is 10.5. The number of carbonyl (C=O) groups is 2. The van der Waals surface area contributed by atoms with Gasteiger partial charge in [-0.3, -0.25) is 14.5 Å². The Balaban J connectivity index is 1.96. The largest absolute Gasteiger partial charge is 0.398 e. The molecular formula is C15H11FN2O2. The summed E-state index contributed by atoms with van der Waals surface area (Å²) in [6.07, 6.45) is 0. The molecule has 0 atom stereocenters. The molecule has 2 aromatic rings. The number of carbonyl (C=O) groups excluding carboxylic acids is 2. The topological polar surface area (TPSA) is 63.4 Å². The first kappa shape index (κ1) is 12.3. The van der Waals surface area contributed by atoms with Crippen LogP contribution in [0.4, 0.5) is 10.1 Å². The molecule has 5 heteroatoms. The number of amides is 2. The third kappa shape index (κ3) is 1.84. The Labute approximate surface area is 114 Å². The highest BCUT2D eigenvalue weighted by molar-refractivity contribution is 6.23. The predicted octanol–water partition coefficient (Wildman–Crippen LogP) is 2.20. The van der Waals surface area contributed by atoms with Gasteiger partial charge in [0.05, 0.1) is 17.7 Å². The van der Waals surface area contributed by atoms with E-state index in [1.807, 2.05) is 0 Å². The number of benzene rings is 2. The summed E-state index contributed by atoms with van der Waals surface area (Å²) in [4.78, 5) is 25.5. The molecule has 0 fully saturated rings. The van der Waals surface area contributed by atoms with Crippen molar-refractivity contribution < 1.29 is 14.0 Å². The molecule has 0 saturated heterocycles. The first-order chi connectivity index (χ1) is 9.58. The van der Waals surface area contributed by atoms with Gasteiger partial charge in [0, 0.05) is 5.69 Å².